The van der Waals surface area contributed by atoms with Crippen LogP contribution in [0, 0.1) is 5.92 Å². The SMILES string of the molecule is CSCCC(C(=O)O)N(C(C)=O)C(=O)C(N)CC(C)C. The number of carbonyl (C=O) groups is 3. The molecule has 0 aromatic heterocycles. The van der Waals surface area contributed by atoms with Crippen molar-refractivity contribution in [3.8, 4) is 0 Å². The molecule has 116 valence electrons. The van der Waals surface area contributed by atoms with Gasteiger partial charge in [0.25, 0.3) is 0 Å². The number of nitrogens with zero attached hydrogens (tertiary/aromatic N) is 1. The number of rotatable bonds is 8. The fourth-order valence-electron chi connectivity index (χ4n) is 1.91. The average molecular weight is 304 g/mol. The third kappa shape index (κ3) is 5.92. The number of hydrogen-bond acceptors (Lipinski definition) is 5. The highest BCUT2D eigenvalue weighted by Crippen LogP contribution is 2.13. The van der Waals surface area contributed by atoms with E-state index in [2.05, 4.69) is 0 Å². The number of hydrogen-bond donors (Lipinski definition) is 2. The summed E-state index contributed by atoms with van der Waals surface area (Å²) in [6, 6.07) is -2.00. The minimum Gasteiger partial charge on any atom is -0.480 e. The van der Waals surface area contributed by atoms with E-state index in [1.165, 1.54) is 18.7 Å². The molecule has 0 aromatic carbocycles. The first-order chi connectivity index (χ1) is 9.22. The van der Waals surface area contributed by atoms with Crippen molar-refractivity contribution in [2.45, 2.75) is 45.7 Å². The van der Waals surface area contributed by atoms with Gasteiger partial charge in [-0.3, -0.25) is 14.5 Å². The molecule has 3 N–H and O–H groups in total. The first-order valence-corrected chi connectivity index (χ1v) is 7.92. The van der Waals surface area contributed by atoms with Gasteiger partial charge in [-0.05, 0) is 30.8 Å². The molecule has 0 saturated heterocycles. The maximum absolute atomic E-state index is 12.2. The van der Waals surface area contributed by atoms with Crippen molar-refractivity contribution in [2.75, 3.05) is 12.0 Å². The number of nitrogens with two attached hydrogens (primary N) is 1. The highest BCUT2D eigenvalue weighted by Gasteiger charge is 2.35. The van der Waals surface area contributed by atoms with Crippen LogP contribution in [-0.2, 0) is 14.4 Å². The summed E-state index contributed by atoms with van der Waals surface area (Å²) in [7, 11) is 0. The van der Waals surface area contributed by atoms with Crippen molar-refractivity contribution in [2.24, 2.45) is 11.7 Å². The lowest BCUT2D eigenvalue weighted by Gasteiger charge is -2.28. The number of carboxylic acids is 1. The standard InChI is InChI=1S/C13H24N2O4S/c1-8(2)7-10(14)12(17)15(9(3)16)11(13(18)19)5-6-20-4/h8,10-11H,5-7,14H2,1-4H3,(H,18,19). The monoisotopic (exact) mass is 304 g/mol. The molecule has 0 spiro atoms. The molecule has 7 heteroatoms. The van der Waals surface area contributed by atoms with Crippen LogP contribution in [-0.4, -0.2) is 51.9 Å². The van der Waals surface area contributed by atoms with E-state index in [4.69, 9.17) is 5.73 Å². The van der Waals surface area contributed by atoms with Gasteiger partial charge in [-0.2, -0.15) is 11.8 Å². The van der Waals surface area contributed by atoms with E-state index < -0.39 is 29.9 Å². The number of amides is 2. The molecule has 0 rings (SSSR count). The van der Waals surface area contributed by atoms with Crippen molar-refractivity contribution in [1.29, 1.82) is 0 Å². The maximum Gasteiger partial charge on any atom is 0.326 e. The first kappa shape index (κ1) is 18.9. The molecule has 0 aliphatic rings. The van der Waals surface area contributed by atoms with E-state index in [9.17, 15) is 19.5 Å². The third-order valence-electron chi connectivity index (χ3n) is 2.81. The van der Waals surface area contributed by atoms with Crippen molar-refractivity contribution < 1.29 is 19.5 Å². The molecule has 0 heterocycles. The smallest absolute Gasteiger partial charge is 0.326 e. The van der Waals surface area contributed by atoms with Gasteiger partial charge < -0.3 is 10.8 Å². The van der Waals surface area contributed by atoms with E-state index in [0.29, 0.717) is 12.2 Å². The lowest BCUT2D eigenvalue weighted by atomic mass is 10.0. The summed E-state index contributed by atoms with van der Waals surface area (Å²) >= 11 is 1.46. The zero-order chi connectivity index (χ0) is 15.9. The van der Waals surface area contributed by atoms with Crippen LogP contribution < -0.4 is 5.73 Å². The molecule has 2 unspecified atom stereocenters. The Hall–Kier alpha value is -1.08. The van der Waals surface area contributed by atoms with E-state index in [0.717, 1.165) is 4.90 Å². The molecular weight excluding hydrogens is 280 g/mol. The van der Waals surface area contributed by atoms with Crippen LogP contribution in [0.3, 0.4) is 0 Å². The Morgan fingerprint density at radius 3 is 2.20 bits per heavy atom. The Labute approximate surface area is 124 Å². The lowest BCUT2D eigenvalue weighted by Crippen LogP contribution is -2.54. The Bertz CT molecular complexity index is 360. The predicted octanol–water partition coefficient (Wildman–Crippen LogP) is 0.941. The second kappa shape index (κ2) is 8.97. The average Bonchev–Trinajstić information content (AvgIpc) is 2.31. The van der Waals surface area contributed by atoms with Gasteiger partial charge in [0.1, 0.15) is 6.04 Å². The molecule has 0 bridgehead atoms. The van der Waals surface area contributed by atoms with Gasteiger partial charge in [0.15, 0.2) is 0 Å². The van der Waals surface area contributed by atoms with Gasteiger partial charge in [-0.15, -0.1) is 0 Å². The van der Waals surface area contributed by atoms with Crippen molar-refractivity contribution >= 4 is 29.5 Å². The predicted molar refractivity (Wildman–Crippen MR) is 79.4 cm³/mol. The highest BCUT2D eigenvalue weighted by molar-refractivity contribution is 7.98. The molecule has 6 nitrogen and oxygen atoms in total. The van der Waals surface area contributed by atoms with Crippen molar-refractivity contribution in [1.82, 2.24) is 4.90 Å². The van der Waals surface area contributed by atoms with Gasteiger partial charge in [0.2, 0.25) is 11.8 Å². The number of imide groups is 1. The number of carboxylic acid groups (broad SMARTS) is 1. The summed E-state index contributed by atoms with van der Waals surface area (Å²) in [5.41, 5.74) is 5.78. The Balaban J connectivity index is 5.13. The topological polar surface area (TPSA) is 101 Å². The molecule has 0 aliphatic heterocycles. The van der Waals surface area contributed by atoms with Crippen LogP contribution in [0.2, 0.25) is 0 Å². The molecule has 0 fully saturated rings. The summed E-state index contributed by atoms with van der Waals surface area (Å²) in [4.78, 5) is 36.0. The quantitative estimate of drug-likeness (QED) is 0.692. The number of aliphatic carboxylic acids is 1. The summed E-state index contributed by atoms with van der Waals surface area (Å²) in [6.07, 6.45) is 2.47. The molecule has 0 radical (unpaired) electrons. The van der Waals surface area contributed by atoms with Crippen LogP contribution in [0.15, 0.2) is 0 Å². The summed E-state index contributed by atoms with van der Waals surface area (Å²) in [5, 5.41) is 9.24. The zero-order valence-corrected chi connectivity index (χ0v) is 13.3. The fourth-order valence-corrected chi connectivity index (χ4v) is 2.37. The van der Waals surface area contributed by atoms with Crippen molar-refractivity contribution in [3.63, 3.8) is 0 Å². The van der Waals surface area contributed by atoms with E-state index in [1.807, 2.05) is 20.1 Å². The zero-order valence-electron chi connectivity index (χ0n) is 12.5. The van der Waals surface area contributed by atoms with Gasteiger partial charge in [0.05, 0.1) is 6.04 Å². The second-order valence-electron chi connectivity index (χ2n) is 5.10. The molecule has 0 saturated carbocycles. The van der Waals surface area contributed by atoms with E-state index in [-0.39, 0.29) is 12.3 Å². The van der Waals surface area contributed by atoms with Gasteiger partial charge >= 0.3 is 5.97 Å². The molecule has 20 heavy (non-hydrogen) atoms. The highest BCUT2D eigenvalue weighted by atomic mass is 32.2. The van der Waals surface area contributed by atoms with Gasteiger partial charge in [-0.25, -0.2) is 4.79 Å². The van der Waals surface area contributed by atoms with Crippen LogP contribution in [0.1, 0.15) is 33.6 Å². The van der Waals surface area contributed by atoms with Crippen LogP contribution in [0.5, 0.6) is 0 Å². The largest absolute Gasteiger partial charge is 0.480 e. The molecule has 0 aliphatic carbocycles. The summed E-state index contributed by atoms with van der Waals surface area (Å²) in [6.45, 7) is 5.01. The fraction of sp³-hybridized carbons (Fsp3) is 0.769. The number of thioether (sulfide) groups is 1. The second-order valence-corrected chi connectivity index (χ2v) is 6.08. The van der Waals surface area contributed by atoms with Crippen LogP contribution in [0.4, 0.5) is 0 Å². The van der Waals surface area contributed by atoms with Gasteiger partial charge in [-0.1, -0.05) is 13.8 Å². The number of carbonyl (C=O) groups excluding carboxylic acids is 2. The Morgan fingerprint density at radius 2 is 1.85 bits per heavy atom. The summed E-state index contributed by atoms with van der Waals surface area (Å²) in [5.74, 6) is -1.63. The van der Waals surface area contributed by atoms with E-state index >= 15 is 0 Å². The van der Waals surface area contributed by atoms with Crippen LogP contribution in [0.25, 0.3) is 0 Å². The summed E-state index contributed by atoms with van der Waals surface area (Å²) < 4.78 is 0. The minimum atomic E-state index is -1.18. The first-order valence-electron chi connectivity index (χ1n) is 6.53. The normalized spacial score (nSPS) is 13.9. The Morgan fingerprint density at radius 1 is 1.30 bits per heavy atom. The van der Waals surface area contributed by atoms with Crippen LogP contribution >= 0.6 is 11.8 Å². The molecule has 2 amide bonds. The van der Waals surface area contributed by atoms with E-state index in [1.54, 1.807) is 0 Å². The molecule has 2 atom stereocenters. The molecule has 0 aromatic rings. The minimum absolute atomic E-state index is 0.192. The maximum atomic E-state index is 12.2. The van der Waals surface area contributed by atoms with Gasteiger partial charge in [0, 0.05) is 6.92 Å². The van der Waals surface area contributed by atoms with Crippen molar-refractivity contribution in [3.05, 3.63) is 0 Å². The third-order valence-corrected chi connectivity index (χ3v) is 3.46. The Kier molecular flexibility index (Phi) is 8.48. The molecular formula is C13H24N2O4S. The lowest BCUT2D eigenvalue weighted by molar-refractivity contribution is -0.158.